The lowest BCUT2D eigenvalue weighted by Crippen LogP contribution is -2.13. The average Bonchev–Trinajstić information content (AvgIpc) is 3.11. The summed E-state index contributed by atoms with van der Waals surface area (Å²) in [6, 6.07) is 12.9. The molecule has 1 aromatic heterocycles. The van der Waals surface area contributed by atoms with Gasteiger partial charge in [0, 0.05) is 16.0 Å². The van der Waals surface area contributed by atoms with E-state index in [9.17, 15) is 20.3 Å². The molecule has 27 heavy (non-hydrogen) atoms. The van der Waals surface area contributed by atoms with E-state index in [1.807, 2.05) is 6.07 Å². The molecule has 0 spiro atoms. The van der Waals surface area contributed by atoms with Crippen molar-refractivity contribution in [2.45, 2.75) is 0 Å². The Balaban J connectivity index is 1.77. The van der Waals surface area contributed by atoms with Crippen LogP contribution in [-0.2, 0) is 4.79 Å². The van der Waals surface area contributed by atoms with E-state index < -0.39 is 5.91 Å². The number of nitriles is 1. The lowest BCUT2D eigenvalue weighted by molar-refractivity contribution is -0.112. The molecule has 0 aliphatic rings. The zero-order valence-electron chi connectivity index (χ0n) is 13.7. The maximum Gasteiger partial charge on any atom is 0.268 e. The Bertz CT molecular complexity index is 1070. The molecule has 0 atom stereocenters. The van der Waals surface area contributed by atoms with Crippen LogP contribution in [0.3, 0.4) is 0 Å². The van der Waals surface area contributed by atoms with Crippen LogP contribution in [0.25, 0.3) is 17.3 Å². The van der Waals surface area contributed by atoms with E-state index in [0.717, 1.165) is 0 Å². The van der Waals surface area contributed by atoms with Crippen molar-refractivity contribution in [3.05, 3.63) is 64.0 Å². The van der Waals surface area contributed by atoms with Crippen molar-refractivity contribution in [2.75, 3.05) is 5.32 Å². The van der Waals surface area contributed by atoms with E-state index in [0.29, 0.717) is 27.0 Å². The molecule has 134 valence electrons. The van der Waals surface area contributed by atoms with Gasteiger partial charge in [0.2, 0.25) is 0 Å². The molecule has 3 rings (SSSR count). The summed E-state index contributed by atoms with van der Waals surface area (Å²) in [4.78, 5) is 16.6. The fourth-order valence-electron chi connectivity index (χ4n) is 2.19. The highest BCUT2D eigenvalue weighted by Gasteiger charge is 2.13. The third kappa shape index (κ3) is 4.44. The van der Waals surface area contributed by atoms with Crippen LogP contribution in [0, 0.1) is 11.3 Å². The van der Waals surface area contributed by atoms with Crippen molar-refractivity contribution in [3.63, 3.8) is 0 Å². The van der Waals surface area contributed by atoms with E-state index in [-0.39, 0.29) is 17.1 Å². The molecule has 0 bridgehead atoms. The van der Waals surface area contributed by atoms with Gasteiger partial charge in [-0.25, -0.2) is 4.98 Å². The molecule has 8 heteroatoms. The molecule has 3 N–H and O–H groups in total. The van der Waals surface area contributed by atoms with Gasteiger partial charge >= 0.3 is 0 Å². The molecule has 1 heterocycles. The number of carbonyl (C=O) groups excluding carboxylic acids is 1. The van der Waals surface area contributed by atoms with Crippen molar-refractivity contribution < 1.29 is 15.0 Å². The molecule has 6 nitrogen and oxygen atoms in total. The number of aromatic hydroxyl groups is 2. The lowest BCUT2D eigenvalue weighted by atomic mass is 10.1. The Labute approximate surface area is 163 Å². The number of phenolic OH excluding ortho intramolecular Hbond substituents is 2. The number of phenols is 2. The van der Waals surface area contributed by atoms with Gasteiger partial charge in [-0.2, -0.15) is 5.26 Å². The third-order valence-electron chi connectivity index (χ3n) is 3.54. The fraction of sp³-hybridized carbons (Fsp3) is 0. The normalized spacial score (nSPS) is 11.0. The first kappa shape index (κ1) is 18.5. The average molecular weight is 398 g/mol. The van der Waals surface area contributed by atoms with Crippen molar-refractivity contribution in [2.24, 2.45) is 0 Å². The highest BCUT2D eigenvalue weighted by molar-refractivity contribution is 7.14. The summed E-state index contributed by atoms with van der Waals surface area (Å²) < 4.78 is 0. The fourth-order valence-corrected chi connectivity index (χ4v) is 3.03. The summed E-state index contributed by atoms with van der Waals surface area (Å²) in [6.45, 7) is 0. The van der Waals surface area contributed by atoms with Crippen LogP contribution in [0.2, 0.25) is 5.02 Å². The molecule has 0 fully saturated rings. The lowest BCUT2D eigenvalue weighted by Gasteiger charge is -2.02. The number of nitrogens with zero attached hydrogens (tertiary/aromatic N) is 2. The number of rotatable bonds is 4. The molecule has 3 aromatic rings. The minimum Gasteiger partial charge on any atom is -0.504 e. The first-order chi connectivity index (χ1) is 13.0. The molecule has 0 aliphatic heterocycles. The van der Waals surface area contributed by atoms with Crippen molar-refractivity contribution in [1.29, 1.82) is 5.26 Å². The van der Waals surface area contributed by atoms with Gasteiger partial charge in [-0.05, 0) is 42.0 Å². The number of aromatic nitrogens is 1. The number of anilines is 1. The largest absolute Gasteiger partial charge is 0.504 e. The Morgan fingerprint density at radius 1 is 1.19 bits per heavy atom. The second-order valence-corrected chi connectivity index (χ2v) is 6.71. The third-order valence-corrected chi connectivity index (χ3v) is 4.55. The number of hydrogen-bond acceptors (Lipinski definition) is 6. The van der Waals surface area contributed by atoms with E-state index in [2.05, 4.69) is 10.3 Å². The summed E-state index contributed by atoms with van der Waals surface area (Å²) in [5, 5.41) is 33.3. The number of amides is 1. The number of halogens is 1. The topological polar surface area (TPSA) is 106 Å². The molecule has 0 radical (unpaired) electrons. The molecular weight excluding hydrogens is 386 g/mol. The number of carbonyl (C=O) groups is 1. The molecular formula is C19H12ClN3O3S. The quantitative estimate of drug-likeness (QED) is 0.343. The van der Waals surface area contributed by atoms with Gasteiger partial charge in [0.05, 0.1) is 5.69 Å². The van der Waals surface area contributed by atoms with Crippen LogP contribution in [0.1, 0.15) is 5.56 Å². The smallest absolute Gasteiger partial charge is 0.268 e. The van der Waals surface area contributed by atoms with Gasteiger partial charge in [0.25, 0.3) is 5.91 Å². The number of hydrogen-bond donors (Lipinski definition) is 3. The Hall–Kier alpha value is -3.34. The minimum atomic E-state index is -0.582. The van der Waals surface area contributed by atoms with Crippen molar-refractivity contribution >= 4 is 40.1 Å². The highest BCUT2D eigenvalue weighted by Crippen LogP contribution is 2.32. The molecule has 0 unspecified atom stereocenters. The standard InChI is InChI=1S/C19H12ClN3O3S/c20-14-4-1-11(2-5-14)7-13(9-21)18(26)23-19-22-15(10-27-19)12-3-6-16(24)17(25)8-12/h1-8,10,24-25H,(H,22,23,26)/b13-7+. The zero-order valence-corrected chi connectivity index (χ0v) is 15.3. The maximum absolute atomic E-state index is 12.3. The Morgan fingerprint density at radius 2 is 1.93 bits per heavy atom. The number of thiazole rings is 1. The van der Waals surface area contributed by atoms with Crippen LogP contribution < -0.4 is 5.32 Å². The molecule has 1 amide bonds. The summed E-state index contributed by atoms with van der Waals surface area (Å²) in [5.74, 6) is -1.07. The van der Waals surface area contributed by atoms with Crippen LogP contribution in [0.15, 0.2) is 53.4 Å². The van der Waals surface area contributed by atoms with Crippen LogP contribution >= 0.6 is 22.9 Å². The summed E-state index contributed by atoms with van der Waals surface area (Å²) in [7, 11) is 0. The molecule has 0 saturated carbocycles. The van der Waals surface area contributed by atoms with Crippen LogP contribution in [0.5, 0.6) is 11.5 Å². The Morgan fingerprint density at radius 3 is 2.59 bits per heavy atom. The minimum absolute atomic E-state index is 0.0728. The first-order valence-corrected chi connectivity index (χ1v) is 8.88. The SMILES string of the molecule is N#C/C(=C\c1ccc(Cl)cc1)C(=O)Nc1nc(-c2ccc(O)c(O)c2)cs1. The monoisotopic (exact) mass is 397 g/mol. The van der Waals surface area contributed by atoms with Gasteiger partial charge in [0.1, 0.15) is 11.6 Å². The van der Waals surface area contributed by atoms with E-state index in [1.165, 1.54) is 29.5 Å². The van der Waals surface area contributed by atoms with Crippen molar-refractivity contribution in [1.82, 2.24) is 4.98 Å². The molecule has 0 saturated heterocycles. The van der Waals surface area contributed by atoms with Gasteiger partial charge < -0.3 is 10.2 Å². The van der Waals surface area contributed by atoms with Gasteiger partial charge in [0.15, 0.2) is 16.6 Å². The maximum atomic E-state index is 12.3. The van der Waals surface area contributed by atoms with Crippen LogP contribution in [0.4, 0.5) is 5.13 Å². The second-order valence-electron chi connectivity index (χ2n) is 5.42. The summed E-state index contributed by atoms with van der Waals surface area (Å²) in [5.41, 5.74) is 1.70. The number of benzene rings is 2. The Kier molecular flexibility index (Phi) is 5.41. The molecule has 0 aliphatic carbocycles. The van der Waals surface area contributed by atoms with E-state index >= 15 is 0 Å². The van der Waals surface area contributed by atoms with E-state index in [1.54, 1.807) is 35.7 Å². The summed E-state index contributed by atoms with van der Waals surface area (Å²) >= 11 is 7.00. The van der Waals surface area contributed by atoms with Crippen LogP contribution in [-0.4, -0.2) is 21.1 Å². The predicted molar refractivity (Wildman–Crippen MR) is 105 cm³/mol. The predicted octanol–water partition coefficient (Wildman–Crippen LogP) is 4.42. The molecule has 2 aromatic carbocycles. The zero-order chi connectivity index (χ0) is 19.4. The first-order valence-electron chi connectivity index (χ1n) is 7.63. The number of nitrogens with one attached hydrogen (secondary N) is 1. The van der Waals surface area contributed by atoms with Crippen molar-refractivity contribution in [3.8, 4) is 28.8 Å². The highest BCUT2D eigenvalue weighted by atomic mass is 35.5. The van der Waals surface area contributed by atoms with Gasteiger partial charge in [-0.15, -0.1) is 11.3 Å². The second kappa shape index (κ2) is 7.91. The van der Waals surface area contributed by atoms with E-state index in [4.69, 9.17) is 11.6 Å². The van der Waals surface area contributed by atoms with Gasteiger partial charge in [-0.3, -0.25) is 10.1 Å². The van der Waals surface area contributed by atoms with Gasteiger partial charge in [-0.1, -0.05) is 23.7 Å². The summed E-state index contributed by atoms with van der Waals surface area (Å²) in [6.07, 6.45) is 1.46.